The first-order valence-corrected chi connectivity index (χ1v) is 13.6. The van der Waals surface area contributed by atoms with Gasteiger partial charge in [0.15, 0.2) is 0 Å². The summed E-state index contributed by atoms with van der Waals surface area (Å²) in [5, 5.41) is 2.46. The number of hydrogen-bond acceptors (Lipinski definition) is 5. The van der Waals surface area contributed by atoms with Gasteiger partial charge in [-0.3, -0.25) is 9.52 Å². The second kappa shape index (κ2) is 11.3. The van der Waals surface area contributed by atoms with Crippen LogP contribution in [0.5, 0.6) is 5.75 Å². The quantitative estimate of drug-likeness (QED) is 0.255. The van der Waals surface area contributed by atoms with Crippen molar-refractivity contribution in [2.45, 2.75) is 22.0 Å². The highest BCUT2D eigenvalue weighted by Crippen LogP contribution is 2.37. The van der Waals surface area contributed by atoms with Crippen molar-refractivity contribution < 1.29 is 17.9 Å². The Hall–Kier alpha value is -3.75. The Balaban J connectivity index is 1.50. The third kappa shape index (κ3) is 6.47. The molecule has 0 aliphatic rings. The van der Waals surface area contributed by atoms with Crippen LogP contribution in [0.15, 0.2) is 113 Å². The van der Waals surface area contributed by atoms with Gasteiger partial charge in [-0.15, -0.1) is 11.8 Å². The topological polar surface area (TPSA) is 84.5 Å². The largest absolute Gasteiger partial charge is 0.497 e. The molecule has 0 saturated carbocycles. The zero-order valence-electron chi connectivity index (χ0n) is 19.8. The van der Waals surface area contributed by atoms with E-state index in [0.29, 0.717) is 17.1 Å². The Bertz CT molecular complexity index is 1410. The van der Waals surface area contributed by atoms with Crippen LogP contribution in [0.3, 0.4) is 0 Å². The molecule has 2 N–H and O–H groups in total. The number of hydrogen-bond donors (Lipinski definition) is 2. The molecule has 184 valence electrons. The average Bonchev–Trinajstić information content (AvgIpc) is 2.89. The van der Waals surface area contributed by atoms with Crippen molar-refractivity contribution in [2.24, 2.45) is 0 Å². The molecule has 0 aliphatic heterocycles. The lowest BCUT2D eigenvalue weighted by Gasteiger charge is -2.17. The summed E-state index contributed by atoms with van der Waals surface area (Å²) in [7, 11) is -2.10. The first-order chi connectivity index (χ1) is 17.3. The maximum atomic E-state index is 13.3. The first-order valence-electron chi connectivity index (χ1n) is 11.2. The Labute approximate surface area is 215 Å². The van der Waals surface area contributed by atoms with Crippen molar-refractivity contribution >= 4 is 39.1 Å². The fraction of sp³-hybridized carbons (Fsp3) is 0.107. The summed E-state index contributed by atoms with van der Waals surface area (Å²) < 4.78 is 33.2. The molecular weight excluding hydrogens is 492 g/mol. The van der Waals surface area contributed by atoms with Gasteiger partial charge in [0.25, 0.3) is 10.0 Å². The van der Waals surface area contributed by atoms with E-state index >= 15 is 0 Å². The zero-order valence-corrected chi connectivity index (χ0v) is 21.5. The van der Waals surface area contributed by atoms with E-state index in [1.165, 1.54) is 11.8 Å². The van der Waals surface area contributed by atoms with Crippen molar-refractivity contribution in [1.82, 2.24) is 0 Å². The minimum absolute atomic E-state index is 0.166. The molecule has 6 nitrogen and oxygen atoms in total. The van der Waals surface area contributed by atoms with Crippen molar-refractivity contribution in [2.75, 3.05) is 17.1 Å². The summed E-state index contributed by atoms with van der Waals surface area (Å²) >= 11 is 1.39. The van der Waals surface area contributed by atoms with E-state index in [0.717, 1.165) is 16.0 Å². The van der Waals surface area contributed by atoms with Crippen LogP contribution in [-0.4, -0.2) is 21.4 Å². The fourth-order valence-corrected chi connectivity index (χ4v) is 5.54. The number of ether oxygens (including phenoxy) is 1. The molecule has 4 rings (SSSR count). The number of nitrogens with one attached hydrogen (secondary N) is 2. The summed E-state index contributed by atoms with van der Waals surface area (Å²) in [6.07, 6.45) is 0. The molecule has 4 aromatic carbocycles. The van der Waals surface area contributed by atoms with E-state index in [9.17, 15) is 13.2 Å². The van der Waals surface area contributed by atoms with Crippen LogP contribution in [0, 0.1) is 6.92 Å². The highest BCUT2D eigenvalue weighted by atomic mass is 32.2. The van der Waals surface area contributed by atoms with Crippen molar-refractivity contribution in [3.63, 3.8) is 0 Å². The van der Waals surface area contributed by atoms with Crippen LogP contribution in [0.1, 0.15) is 16.4 Å². The van der Waals surface area contributed by atoms with Gasteiger partial charge in [-0.2, -0.15) is 0 Å². The van der Waals surface area contributed by atoms with E-state index in [1.54, 1.807) is 79.9 Å². The lowest BCUT2D eigenvalue weighted by molar-refractivity contribution is -0.115. The van der Waals surface area contributed by atoms with Crippen LogP contribution in [0.25, 0.3) is 0 Å². The van der Waals surface area contributed by atoms with Gasteiger partial charge in [-0.1, -0.05) is 48.0 Å². The maximum Gasteiger partial charge on any atom is 0.261 e. The predicted octanol–water partition coefficient (Wildman–Crippen LogP) is 6.28. The van der Waals surface area contributed by atoms with Crippen LogP contribution in [-0.2, 0) is 14.8 Å². The molecule has 0 bridgehead atoms. The lowest BCUT2D eigenvalue weighted by Crippen LogP contribution is -2.19. The standard InChI is InChI=1S/C28H26N2O4S2/c1-20-8-18-26(19-9-20)36(32,33)30-23-12-16-25(17-13-23)35-27(21-6-4-3-5-7-21)28(31)29-22-10-14-24(34-2)15-11-22/h3-19,27,30H,1-2H3,(H,29,31). The Morgan fingerprint density at radius 3 is 2.03 bits per heavy atom. The first kappa shape index (κ1) is 25.3. The number of amides is 1. The summed E-state index contributed by atoms with van der Waals surface area (Å²) in [5.74, 6) is 0.542. The van der Waals surface area contributed by atoms with Gasteiger partial charge < -0.3 is 10.1 Å². The summed E-state index contributed by atoms with van der Waals surface area (Å²) in [6.45, 7) is 1.90. The third-order valence-corrected chi connectivity index (χ3v) is 8.05. The van der Waals surface area contributed by atoms with E-state index < -0.39 is 15.3 Å². The molecule has 1 unspecified atom stereocenters. The number of rotatable bonds is 9. The molecule has 4 aromatic rings. The summed E-state index contributed by atoms with van der Waals surface area (Å²) in [4.78, 5) is 14.3. The van der Waals surface area contributed by atoms with Gasteiger partial charge in [0.1, 0.15) is 11.0 Å². The van der Waals surface area contributed by atoms with Gasteiger partial charge in [-0.05, 0) is 73.2 Å². The number of carbonyl (C=O) groups excluding carboxylic acids is 1. The maximum absolute atomic E-state index is 13.3. The van der Waals surface area contributed by atoms with E-state index in [4.69, 9.17) is 4.74 Å². The van der Waals surface area contributed by atoms with E-state index in [1.807, 2.05) is 37.3 Å². The molecule has 8 heteroatoms. The predicted molar refractivity (Wildman–Crippen MR) is 145 cm³/mol. The van der Waals surface area contributed by atoms with E-state index in [-0.39, 0.29) is 10.8 Å². The van der Waals surface area contributed by atoms with Crippen molar-refractivity contribution in [1.29, 1.82) is 0 Å². The minimum Gasteiger partial charge on any atom is -0.497 e. The fourth-order valence-electron chi connectivity index (χ4n) is 3.45. The number of carbonyl (C=O) groups is 1. The normalized spacial score (nSPS) is 11.9. The molecule has 1 atom stereocenters. The summed E-state index contributed by atoms with van der Waals surface area (Å²) in [5.41, 5.74) is 2.96. The van der Waals surface area contributed by atoms with Gasteiger partial charge in [0.05, 0.1) is 12.0 Å². The highest BCUT2D eigenvalue weighted by Gasteiger charge is 2.22. The minimum atomic E-state index is -3.69. The van der Waals surface area contributed by atoms with Crippen LogP contribution >= 0.6 is 11.8 Å². The van der Waals surface area contributed by atoms with E-state index in [2.05, 4.69) is 10.0 Å². The van der Waals surface area contributed by atoms with Gasteiger partial charge in [-0.25, -0.2) is 8.42 Å². The molecule has 0 heterocycles. The molecule has 0 aliphatic carbocycles. The molecule has 0 spiro atoms. The van der Waals surface area contributed by atoms with Crippen LogP contribution in [0.2, 0.25) is 0 Å². The smallest absolute Gasteiger partial charge is 0.261 e. The van der Waals surface area contributed by atoms with Gasteiger partial charge in [0.2, 0.25) is 5.91 Å². The lowest BCUT2D eigenvalue weighted by atomic mass is 10.1. The Morgan fingerprint density at radius 2 is 1.42 bits per heavy atom. The summed E-state index contributed by atoms with van der Waals surface area (Å²) in [6, 6.07) is 30.3. The van der Waals surface area contributed by atoms with Crippen molar-refractivity contribution in [3.8, 4) is 5.75 Å². The van der Waals surface area contributed by atoms with Crippen molar-refractivity contribution in [3.05, 3.63) is 114 Å². The third-order valence-electron chi connectivity index (χ3n) is 5.39. The number of benzene rings is 4. The SMILES string of the molecule is COc1ccc(NC(=O)C(Sc2ccc(NS(=O)(=O)c3ccc(C)cc3)cc2)c2ccccc2)cc1. The second-order valence-electron chi connectivity index (χ2n) is 8.07. The molecule has 1 amide bonds. The van der Waals surface area contributed by atoms with Gasteiger partial charge >= 0.3 is 0 Å². The Morgan fingerprint density at radius 1 is 0.806 bits per heavy atom. The molecule has 0 saturated heterocycles. The number of aryl methyl sites for hydroxylation is 1. The molecule has 0 fully saturated rings. The second-order valence-corrected chi connectivity index (χ2v) is 10.9. The van der Waals surface area contributed by atoms with Crippen LogP contribution in [0.4, 0.5) is 11.4 Å². The number of thioether (sulfide) groups is 1. The number of methoxy groups -OCH3 is 1. The average molecular weight is 519 g/mol. The highest BCUT2D eigenvalue weighted by molar-refractivity contribution is 8.00. The molecular formula is C28H26N2O4S2. The Kier molecular flexibility index (Phi) is 7.97. The molecule has 0 radical (unpaired) electrons. The van der Waals surface area contributed by atoms with Crippen LogP contribution < -0.4 is 14.8 Å². The number of sulfonamides is 1. The number of anilines is 2. The monoisotopic (exact) mass is 518 g/mol. The zero-order chi connectivity index (χ0) is 25.5. The molecule has 36 heavy (non-hydrogen) atoms. The van der Waals surface area contributed by atoms with Gasteiger partial charge in [0, 0.05) is 16.3 Å². The molecule has 0 aromatic heterocycles.